The Balaban J connectivity index is 1.68. The van der Waals surface area contributed by atoms with E-state index in [0.717, 1.165) is 36.7 Å². The van der Waals surface area contributed by atoms with Gasteiger partial charge in [0.2, 0.25) is 6.79 Å². The van der Waals surface area contributed by atoms with Gasteiger partial charge in [-0.15, -0.1) is 0 Å². The molecule has 0 fully saturated rings. The Kier molecular flexibility index (Phi) is 3.77. The summed E-state index contributed by atoms with van der Waals surface area (Å²) in [5, 5.41) is 0. The van der Waals surface area contributed by atoms with Gasteiger partial charge in [0.25, 0.3) is 0 Å². The lowest BCUT2D eigenvalue weighted by molar-refractivity contribution is 0.174. The van der Waals surface area contributed by atoms with Gasteiger partial charge in [0.05, 0.1) is 6.61 Å². The SMILES string of the molecule is CCCOc1ccc(Cc2ccc3c(c2)OCO3)cc1. The lowest BCUT2D eigenvalue weighted by Crippen LogP contribution is -1.95. The van der Waals surface area contributed by atoms with Crippen LogP contribution in [0.4, 0.5) is 0 Å². The molecular weight excluding hydrogens is 252 g/mol. The maximum absolute atomic E-state index is 5.58. The van der Waals surface area contributed by atoms with Crippen molar-refractivity contribution in [3.05, 3.63) is 53.6 Å². The summed E-state index contributed by atoms with van der Waals surface area (Å²) in [6.07, 6.45) is 1.91. The highest BCUT2D eigenvalue weighted by Gasteiger charge is 2.13. The molecule has 1 heterocycles. The smallest absolute Gasteiger partial charge is 0.231 e. The molecule has 0 bridgehead atoms. The number of fused-ring (bicyclic) bond motifs is 1. The largest absolute Gasteiger partial charge is 0.494 e. The van der Waals surface area contributed by atoms with E-state index >= 15 is 0 Å². The molecular formula is C17H18O3. The number of benzene rings is 2. The molecule has 3 rings (SSSR count). The molecule has 0 saturated heterocycles. The van der Waals surface area contributed by atoms with Crippen molar-refractivity contribution in [2.24, 2.45) is 0 Å². The van der Waals surface area contributed by atoms with Crippen LogP contribution in [0, 0.1) is 0 Å². The molecule has 0 radical (unpaired) electrons. The minimum Gasteiger partial charge on any atom is -0.494 e. The predicted octanol–water partition coefficient (Wildman–Crippen LogP) is 3.79. The zero-order valence-electron chi connectivity index (χ0n) is 11.6. The monoisotopic (exact) mass is 270 g/mol. The van der Waals surface area contributed by atoms with Crippen molar-refractivity contribution in [3.8, 4) is 17.2 Å². The van der Waals surface area contributed by atoms with Gasteiger partial charge in [-0.25, -0.2) is 0 Å². The summed E-state index contributed by atoms with van der Waals surface area (Å²) < 4.78 is 16.3. The number of hydrogen-bond acceptors (Lipinski definition) is 3. The van der Waals surface area contributed by atoms with Crippen molar-refractivity contribution in [2.45, 2.75) is 19.8 Å². The molecule has 3 heteroatoms. The standard InChI is InChI=1S/C17H18O3/c1-2-9-18-15-6-3-13(4-7-15)10-14-5-8-16-17(11-14)20-12-19-16/h3-8,11H,2,9-10,12H2,1H3. The molecule has 1 aliphatic rings. The molecule has 0 spiro atoms. The summed E-state index contributed by atoms with van der Waals surface area (Å²) in [4.78, 5) is 0. The molecule has 0 atom stereocenters. The summed E-state index contributed by atoms with van der Waals surface area (Å²) in [5.41, 5.74) is 2.48. The maximum Gasteiger partial charge on any atom is 0.231 e. The number of rotatable bonds is 5. The van der Waals surface area contributed by atoms with Crippen LogP contribution < -0.4 is 14.2 Å². The van der Waals surface area contributed by atoms with Gasteiger partial charge in [-0.3, -0.25) is 0 Å². The molecule has 2 aromatic carbocycles. The average molecular weight is 270 g/mol. The molecule has 1 aliphatic heterocycles. The van der Waals surface area contributed by atoms with Gasteiger partial charge >= 0.3 is 0 Å². The Bertz CT molecular complexity index is 575. The van der Waals surface area contributed by atoms with E-state index in [1.54, 1.807) is 0 Å². The van der Waals surface area contributed by atoms with E-state index in [2.05, 4.69) is 25.1 Å². The zero-order valence-corrected chi connectivity index (χ0v) is 11.6. The third-order valence-corrected chi connectivity index (χ3v) is 3.24. The minimum atomic E-state index is 0.322. The third-order valence-electron chi connectivity index (χ3n) is 3.24. The summed E-state index contributed by atoms with van der Waals surface area (Å²) in [7, 11) is 0. The Labute approximate surface area is 119 Å². The van der Waals surface area contributed by atoms with Crippen LogP contribution in [0.1, 0.15) is 24.5 Å². The van der Waals surface area contributed by atoms with Crippen LogP contribution in [-0.2, 0) is 6.42 Å². The number of hydrogen-bond donors (Lipinski definition) is 0. The van der Waals surface area contributed by atoms with E-state index in [1.807, 2.05) is 24.3 Å². The molecule has 104 valence electrons. The lowest BCUT2D eigenvalue weighted by Gasteiger charge is -2.07. The van der Waals surface area contributed by atoms with Crippen molar-refractivity contribution < 1.29 is 14.2 Å². The van der Waals surface area contributed by atoms with Crippen molar-refractivity contribution in [2.75, 3.05) is 13.4 Å². The fourth-order valence-electron chi connectivity index (χ4n) is 2.21. The van der Waals surface area contributed by atoms with Crippen LogP contribution in [0.5, 0.6) is 17.2 Å². The van der Waals surface area contributed by atoms with E-state index in [-0.39, 0.29) is 0 Å². The summed E-state index contributed by atoms with van der Waals surface area (Å²) >= 11 is 0. The normalized spacial score (nSPS) is 12.4. The van der Waals surface area contributed by atoms with Gasteiger partial charge in [0.15, 0.2) is 11.5 Å². The molecule has 0 unspecified atom stereocenters. The zero-order chi connectivity index (χ0) is 13.8. The van der Waals surface area contributed by atoms with E-state index in [4.69, 9.17) is 14.2 Å². The highest BCUT2D eigenvalue weighted by Crippen LogP contribution is 2.33. The molecule has 0 N–H and O–H groups in total. The Hall–Kier alpha value is -2.16. The molecule has 0 amide bonds. The van der Waals surface area contributed by atoms with Gasteiger partial charge < -0.3 is 14.2 Å². The van der Waals surface area contributed by atoms with E-state index < -0.39 is 0 Å². The topological polar surface area (TPSA) is 27.7 Å². The van der Waals surface area contributed by atoms with Gasteiger partial charge in [0, 0.05) is 0 Å². The Morgan fingerprint density at radius 3 is 2.50 bits per heavy atom. The highest BCUT2D eigenvalue weighted by atomic mass is 16.7. The molecule has 20 heavy (non-hydrogen) atoms. The average Bonchev–Trinajstić information content (AvgIpc) is 2.94. The van der Waals surface area contributed by atoms with Crippen molar-refractivity contribution >= 4 is 0 Å². The van der Waals surface area contributed by atoms with Crippen LogP contribution in [0.15, 0.2) is 42.5 Å². The highest BCUT2D eigenvalue weighted by molar-refractivity contribution is 5.45. The predicted molar refractivity (Wildman–Crippen MR) is 77.6 cm³/mol. The first kappa shape index (κ1) is 12.9. The van der Waals surface area contributed by atoms with Gasteiger partial charge in [-0.1, -0.05) is 25.1 Å². The van der Waals surface area contributed by atoms with Crippen LogP contribution >= 0.6 is 0 Å². The second-order valence-corrected chi connectivity index (χ2v) is 4.86. The van der Waals surface area contributed by atoms with E-state index in [9.17, 15) is 0 Å². The maximum atomic E-state index is 5.58. The van der Waals surface area contributed by atoms with Crippen LogP contribution in [0.25, 0.3) is 0 Å². The van der Waals surface area contributed by atoms with E-state index in [1.165, 1.54) is 11.1 Å². The molecule has 0 aliphatic carbocycles. The summed E-state index contributed by atoms with van der Waals surface area (Å²) in [6.45, 7) is 3.19. The van der Waals surface area contributed by atoms with Crippen molar-refractivity contribution in [3.63, 3.8) is 0 Å². The molecule has 0 aromatic heterocycles. The first-order valence-electron chi connectivity index (χ1n) is 6.95. The lowest BCUT2D eigenvalue weighted by atomic mass is 10.0. The molecule has 0 saturated carbocycles. The van der Waals surface area contributed by atoms with Crippen LogP contribution in [0.2, 0.25) is 0 Å². The van der Waals surface area contributed by atoms with Crippen LogP contribution in [-0.4, -0.2) is 13.4 Å². The fourth-order valence-corrected chi connectivity index (χ4v) is 2.21. The van der Waals surface area contributed by atoms with Crippen molar-refractivity contribution in [1.82, 2.24) is 0 Å². The van der Waals surface area contributed by atoms with Crippen molar-refractivity contribution in [1.29, 1.82) is 0 Å². The van der Waals surface area contributed by atoms with Gasteiger partial charge in [-0.05, 0) is 48.2 Å². The Morgan fingerprint density at radius 1 is 0.950 bits per heavy atom. The fraction of sp³-hybridized carbons (Fsp3) is 0.294. The quantitative estimate of drug-likeness (QED) is 0.827. The minimum absolute atomic E-state index is 0.322. The molecule has 2 aromatic rings. The Morgan fingerprint density at radius 2 is 1.70 bits per heavy atom. The first-order chi connectivity index (χ1) is 9.85. The summed E-state index contributed by atoms with van der Waals surface area (Å²) in [6, 6.07) is 14.4. The van der Waals surface area contributed by atoms with Gasteiger partial charge in [-0.2, -0.15) is 0 Å². The third kappa shape index (κ3) is 2.87. The summed E-state index contributed by atoms with van der Waals surface area (Å²) in [5.74, 6) is 2.60. The second kappa shape index (κ2) is 5.87. The molecule has 3 nitrogen and oxygen atoms in total. The first-order valence-corrected chi connectivity index (χ1v) is 6.95. The van der Waals surface area contributed by atoms with Gasteiger partial charge in [0.1, 0.15) is 5.75 Å². The number of ether oxygens (including phenoxy) is 3. The van der Waals surface area contributed by atoms with Crippen LogP contribution in [0.3, 0.4) is 0 Å². The van der Waals surface area contributed by atoms with E-state index in [0.29, 0.717) is 6.79 Å². The second-order valence-electron chi connectivity index (χ2n) is 4.86.